The van der Waals surface area contributed by atoms with Crippen LogP contribution >= 0.6 is 0 Å². The van der Waals surface area contributed by atoms with Gasteiger partial charge < -0.3 is 5.73 Å². The highest BCUT2D eigenvalue weighted by Gasteiger charge is 2.11. The van der Waals surface area contributed by atoms with E-state index in [4.69, 9.17) is 5.73 Å². The lowest BCUT2D eigenvalue weighted by Gasteiger charge is -2.02. The third-order valence-electron chi connectivity index (χ3n) is 2.10. The molecule has 1 aromatic carbocycles. The molecule has 7 heteroatoms. The molecule has 1 aromatic heterocycles. The zero-order valence-electron chi connectivity index (χ0n) is 8.28. The molecule has 2 rings (SSSR count). The van der Waals surface area contributed by atoms with Crippen LogP contribution in [0.1, 0.15) is 5.56 Å². The Hall–Kier alpha value is -2.44. The first-order valence-corrected chi connectivity index (χ1v) is 4.52. The van der Waals surface area contributed by atoms with Gasteiger partial charge in [-0.1, -0.05) is 6.07 Å². The molecule has 0 aliphatic heterocycles. The number of hydrogen-bond acceptors (Lipinski definition) is 5. The fourth-order valence-corrected chi connectivity index (χ4v) is 1.35. The molecule has 2 aromatic rings. The molecule has 0 amide bonds. The van der Waals surface area contributed by atoms with Crippen LogP contribution in [0.25, 0.3) is 0 Å². The van der Waals surface area contributed by atoms with E-state index in [2.05, 4.69) is 10.1 Å². The van der Waals surface area contributed by atoms with Crippen molar-refractivity contribution in [3.8, 4) is 0 Å². The van der Waals surface area contributed by atoms with Gasteiger partial charge in [-0.05, 0) is 11.6 Å². The molecule has 0 saturated carbocycles. The average Bonchev–Trinajstić information content (AvgIpc) is 2.73. The van der Waals surface area contributed by atoms with Gasteiger partial charge in [0.15, 0.2) is 0 Å². The average molecular weight is 219 g/mol. The van der Waals surface area contributed by atoms with Crippen LogP contribution in [0.2, 0.25) is 0 Å². The Balaban J connectivity index is 2.29. The van der Waals surface area contributed by atoms with E-state index >= 15 is 0 Å². The molecule has 2 N–H and O–H groups in total. The maximum absolute atomic E-state index is 10.7. The van der Waals surface area contributed by atoms with E-state index in [0.29, 0.717) is 6.54 Å². The molecule has 0 saturated heterocycles. The smallest absolute Gasteiger partial charge is 0.292 e. The largest absolute Gasteiger partial charge is 0.393 e. The van der Waals surface area contributed by atoms with Crippen molar-refractivity contribution >= 4 is 11.4 Å². The van der Waals surface area contributed by atoms with E-state index in [-0.39, 0.29) is 11.4 Å². The molecular formula is C9H9N5O2. The van der Waals surface area contributed by atoms with Gasteiger partial charge in [0.1, 0.15) is 18.3 Å². The molecule has 0 aliphatic carbocycles. The summed E-state index contributed by atoms with van der Waals surface area (Å²) in [5.41, 5.74) is 6.32. The third-order valence-corrected chi connectivity index (χ3v) is 2.10. The van der Waals surface area contributed by atoms with Gasteiger partial charge in [0.05, 0.1) is 11.5 Å². The molecule has 0 fully saturated rings. The zero-order chi connectivity index (χ0) is 11.5. The zero-order valence-corrected chi connectivity index (χ0v) is 8.28. The maximum Gasteiger partial charge on any atom is 0.292 e. The van der Waals surface area contributed by atoms with Crippen molar-refractivity contribution in [2.24, 2.45) is 0 Å². The van der Waals surface area contributed by atoms with Crippen molar-refractivity contribution in [1.29, 1.82) is 0 Å². The molecule has 0 spiro atoms. The summed E-state index contributed by atoms with van der Waals surface area (Å²) in [7, 11) is 0. The lowest BCUT2D eigenvalue weighted by molar-refractivity contribution is -0.384. The summed E-state index contributed by atoms with van der Waals surface area (Å²) in [5.74, 6) is 0. The Kier molecular flexibility index (Phi) is 2.50. The minimum Gasteiger partial charge on any atom is -0.393 e. The number of nitrogens with two attached hydrogens (primary N) is 1. The second-order valence-corrected chi connectivity index (χ2v) is 3.24. The number of benzene rings is 1. The van der Waals surface area contributed by atoms with E-state index in [1.165, 1.54) is 18.5 Å². The van der Waals surface area contributed by atoms with Crippen molar-refractivity contribution in [1.82, 2.24) is 14.8 Å². The summed E-state index contributed by atoms with van der Waals surface area (Å²) in [6, 6.07) is 4.69. The Labute approximate surface area is 90.7 Å². The van der Waals surface area contributed by atoms with Gasteiger partial charge in [0, 0.05) is 6.07 Å². The Morgan fingerprint density at radius 3 is 2.94 bits per heavy atom. The first-order valence-electron chi connectivity index (χ1n) is 4.52. The van der Waals surface area contributed by atoms with Crippen LogP contribution in [0.4, 0.5) is 11.4 Å². The SMILES string of the molecule is Nc1ccc(Cn2cncn2)cc1[N+](=O)[O-]. The second-order valence-electron chi connectivity index (χ2n) is 3.24. The third kappa shape index (κ3) is 1.97. The molecule has 1 heterocycles. The first-order chi connectivity index (χ1) is 7.66. The van der Waals surface area contributed by atoms with Crippen molar-refractivity contribution < 1.29 is 4.92 Å². The van der Waals surface area contributed by atoms with Crippen molar-refractivity contribution in [2.75, 3.05) is 5.73 Å². The molecule has 16 heavy (non-hydrogen) atoms. The highest BCUT2D eigenvalue weighted by molar-refractivity contribution is 5.59. The number of hydrogen-bond donors (Lipinski definition) is 1. The highest BCUT2D eigenvalue weighted by Crippen LogP contribution is 2.22. The van der Waals surface area contributed by atoms with Gasteiger partial charge in [-0.2, -0.15) is 5.10 Å². The van der Waals surface area contributed by atoms with Crippen molar-refractivity contribution in [3.63, 3.8) is 0 Å². The predicted octanol–water partition coefficient (Wildman–Crippen LogP) is 0.817. The standard InChI is InChI=1S/C9H9N5O2/c10-8-2-1-7(3-9(8)14(15)16)4-13-6-11-5-12-13/h1-3,5-6H,4,10H2. The molecule has 0 radical (unpaired) electrons. The molecule has 0 atom stereocenters. The minimum atomic E-state index is -0.500. The summed E-state index contributed by atoms with van der Waals surface area (Å²) < 4.78 is 1.58. The van der Waals surface area contributed by atoms with Gasteiger partial charge in [-0.3, -0.25) is 10.1 Å². The maximum atomic E-state index is 10.7. The summed E-state index contributed by atoms with van der Waals surface area (Å²) >= 11 is 0. The molecule has 0 aliphatic rings. The van der Waals surface area contributed by atoms with E-state index in [0.717, 1.165) is 5.56 Å². The Morgan fingerprint density at radius 2 is 2.31 bits per heavy atom. The van der Waals surface area contributed by atoms with Gasteiger partial charge in [0.2, 0.25) is 0 Å². The molecule has 0 bridgehead atoms. The molecule has 7 nitrogen and oxygen atoms in total. The Morgan fingerprint density at radius 1 is 1.50 bits per heavy atom. The van der Waals surface area contributed by atoms with Gasteiger partial charge >= 0.3 is 0 Å². The lowest BCUT2D eigenvalue weighted by Crippen LogP contribution is -2.02. The fourth-order valence-electron chi connectivity index (χ4n) is 1.35. The van der Waals surface area contributed by atoms with Crippen LogP contribution in [0.3, 0.4) is 0 Å². The molecule has 0 unspecified atom stereocenters. The van der Waals surface area contributed by atoms with Crippen LogP contribution in [0.15, 0.2) is 30.9 Å². The van der Waals surface area contributed by atoms with E-state index < -0.39 is 4.92 Å². The normalized spacial score (nSPS) is 10.2. The van der Waals surface area contributed by atoms with E-state index in [1.54, 1.807) is 17.1 Å². The van der Waals surface area contributed by atoms with E-state index in [9.17, 15) is 10.1 Å². The van der Waals surface area contributed by atoms with Crippen molar-refractivity contribution in [2.45, 2.75) is 6.54 Å². The number of rotatable bonds is 3. The summed E-state index contributed by atoms with van der Waals surface area (Å²) in [5, 5.41) is 14.6. The summed E-state index contributed by atoms with van der Waals surface area (Å²) in [6.07, 6.45) is 2.95. The number of aromatic nitrogens is 3. The minimum absolute atomic E-state index is 0.0855. The Bertz CT molecular complexity index is 509. The topological polar surface area (TPSA) is 99.9 Å². The lowest BCUT2D eigenvalue weighted by atomic mass is 10.2. The number of nitrogens with zero attached hydrogens (tertiary/aromatic N) is 4. The van der Waals surface area contributed by atoms with Gasteiger partial charge in [-0.25, -0.2) is 9.67 Å². The van der Waals surface area contributed by atoms with Crippen LogP contribution in [-0.4, -0.2) is 19.7 Å². The monoisotopic (exact) mass is 219 g/mol. The first kappa shape index (κ1) is 10.1. The second kappa shape index (κ2) is 3.97. The van der Waals surface area contributed by atoms with Crippen LogP contribution in [0, 0.1) is 10.1 Å². The van der Waals surface area contributed by atoms with E-state index in [1.807, 2.05) is 0 Å². The van der Waals surface area contributed by atoms with Gasteiger partial charge in [0.25, 0.3) is 5.69 Å². The quantitative estimate of drug-likeness (QED) is 0.468. The highest BCUT2D eigenvalue weighted by atomic mass is 16.6. The van der Waals surface area contributed by atoms with Crippen LogP contribution in [-0.2, 0) is 6.54 Å². The summed E-state index contributed by atoms with van der Waals surface area (Å²) in [4.78, 5) is 14.0. The molecule has 82 valence electrons. The van der Waals surface area contributed by atoms with Crippen LogP contribution in [0.5, 0.6) is 0 Å². The molecular weight excluding hydrogens is 210 g/mol. The number of nitro groups is 1. The van der Waals surface area contributed by atoms with Crippen molar-refractivity contribution in [3.05, 3.63) is 46.5 Å². The number of nitro benzene ring substituents is 1. The van der Waals surface area contributed by atoms with Gasteiger partial charge in [-0.15, -0.1) is 0 Å². The fraction of sp³-hybridized carbons (Fsp3) is 0.111. The predicted molar refractivity (Wildman–Crippen MR) is 56.6 cm³/mol. The van der Waals surface area contributed by atoms with Crippen LogP contribution < -0.4 is 5.73 Å². The summed E-state index contributed by atoms with van der Waals surface area (Å²) in [6.45, 7) is 0.432. The number of nitrogen functional groups attached to an aromatic ring is 1. The number of anilines is 1.